The molecular formula is C13H19N3O. The normalized spacial score (nSPS) is 19.6. The Balaban J connectivity index is 2.40. The highest BCUT2D eigenvalue weighted by Gasteiger charge is 2.25. The molecule has 1 atom stereocenters. The number of nitrogen functional groups attached to an aromatic ring is 1. The fourth-order valence-electron chi connectivity index (χ4n) is 2.58. The Labute approximate surface area is 102 Å². The molecule has 1 aliphatic heterocycles. The highest BCUT2D eigenvalue weighted by molar-refractivity contribution is 5.99. The topological polar surface area (TPSA) is 72.3 Å². The number of nitrogens with zero attached hydrogens (tertiary/aromatic N) is 1. The molecule has 0 spiro atoms. The molecule has 0 radical (unpaired) electrons. The Bertz CT molecular complexity index is 431. The molecule has 92 valence electrons. The van der Waals surface area contributed by atoms with Crippen LogP contribution in [0.15, 0.2) is 18.2 Å². The minimum absolute atomic E-state index is 0.408. The fourth-order valence-corrected chi connectivity index (χ4v) is 2.58. The van der Waals surface area contributed by atoms with E-state index in [-0.39, 0.29) is 0 Å². The summed E-state index contributed by atoms with van der Waals surface area (Å²) in [6, 6.07) is 5.91. The molecule has 0 bridgehead atoms. The van der Waals surface area contributed by atoms with E-state index in [2.05, 4.69) is 11.8 Å². The van der Waals surface area contributed by atoms with E-state index < -0.39 is 5.91 Å². The van der Waals surface area contributed by atoms with Crippen LogP contribution in [0.1, 0.15) is 36.5 Å². The third kappa shape index (κ3) is 2.20. The number of amides is 1. The van der Waals surface area contributed by atoms with E-state index in [0.717, 1.165) is 18.7 Å². The number of anilines is 2. The number of primary amides is 1. The van der Waals surface area contributed by atoms with Crippen LogP contribution < -0.4 is 16.4 Å². The maximum Gasteiger partial charge on any atom is 0.250 e. The van der Waals surface area contributed by atoms with Crippen molar-refractivity contribution in [1.29, 1.82) is 0 Å². The zero-order valence-electron chi connectivity index (χ0n) is 10.1. The highest BCUT2D eigenvalue weighted by atomic mass is 16.1. The van der Waals surface area contributed by atoms with Gasteiger partial charge in [-0.3, -0.25) is 4.79 Å². The summed E-state index contributed by atoms with van der Waals surface area (Å²) in [6.45, 7) is 3.16. The summed E-state index contributed by atoms with van der Waals surface area (Å²) in [5.74, 6) is -0.408. The van der Waals surface area contributed by atoms with Crippen LogP contribution in [0.25, 0.3) is 0 Å². The molecule has 1 aromatic rings. The molecule has 1 heterocycles. The van der Waals surface area contributed by atoms with Gasteiger partial charge in [-0.15, -0.1) is 0 Å². The first-order chi connectivity index (χ1) is 8.13. The van der Waals surface area contributed by atoms with E-state index in [0.29, 0.717) is 17.3 Å². The van der Waals surface area contributed by atoms with Crippen LogP contribution in [0.3, 0.4) is 0 Å². The molecule has 17 heavy (non-hydrogen) atoms. The van der Waals surface area contributed by atoms with Gasteiger partial charge in [-0.1, -0.05) is 6.92 Å². The van der Waals surface area contributed by atoms with Crippen LogP contribution in [0.4, 0.5) is 11.4 Å². The minimum Gasteiger partial charge on any atom is -0.399 e. The highest BCUT2D eigenvalue weighted by Crippen LogP contribution is 2.31. The summed E-state index contributed by atoms with van der Waals surface area (Å²) >= 11 is 0. The molecule has 4 heteroatoms. The Hall–Kier alpha value is -1.71. The fraction of sp³-hybridized carbons (Fsp3) is 0.462. The van der Waals surface area contributed by atoms with Gasteiger partial charge in [0.25, 0.3) is 5.91 Å². The second-order valence-corrected chi connectivity index (χ2v) is 4.54. The van der Waals surface area contributed by atoms with Gasteiger partial charge < -0.3 is 16.4 Å². The van der Waals surface area contributed by atoms with E-state index in [1.165, 1.54) is 12.8 Å². The number of hydrogen-bond acceptors (Lipinski definition) is 3. The summed E-state index contributed by atoms with van der Waals surface area (Å²) in [5, 5.41) is 0. The lowest BCUT2D eigenvalue weighted by molar-refractivity contribution is 0.100. The lowest BCUT2D eigenvalue weighted by atomic mass is 10.1. The zero-order valence-corrected chi connectivity index (χ0v) is 10.1. The molecule has 4 nitrogen and oxygen atoms in total. The first-order valence-corrected chi connectivity index (χ1v) is 6.09. The third-order valence-corrected chi connectivity index (χ3v) is 3.44. The first kappa shape index (κ1) is 11.8. The van der Waals surface area contributed by atoms with Gasteiger partial charge in [0, 0.05) is 24.0 Å². The average molecular weight is 233 g/mol. The van der Waals surface area contributed by atoms with Crippen LogP contribution in [0, 0.1) is 0 Å². The molecule has 1 aliphatic rings. The van der Waals surface area contributed by atoms with Gasteiger partial charge >= 0.3 is 0 Å². The van der Waals surface area contributed by atoms with Gasteiger partial charge in [0.1, 0.15) is 0 Å². The SMILES string of the molecule is CCC1CCCN1c1ccc(N)cc1C(N)=O. The van der Waals surface area contributed by atoms with Crippen molar-refractivity contribution in [3.63, 3.8) is 0 Å². The Morgan fingerprint density at radius 3 is 2.94 bits per heavy atom. The van der Waals surface area contributed by atoms with Crippen molar-refractivity contribution in [3.8, 4) is 0 Å². The molecular weight excluding hydrogens is 214 g/mol. The van der Waals surface area contributed by atoms with Crippen LogP contribution in [-0.4, -0.2) is 18.5 Å². The molecule has 4 N–H and O–H groups in total. The molecule has 1 aromatic carbocycles. The van der Waals surface area contributed by atoms with Crippen LogP contribution in [-0.2, 0) is 0 Å². The predicted molar refractivity (Wildman–Crippen MR) is 70.0 cm³/mol. The molecule has 1 unspecified atom stereocenters. The van der Waals surface area contributed by atoms with Crippen molar-refractivity contribution in [2.45, 2.75) is 32.2 Å². The van der Waals surface area contributed by atoms with Gasteiger partial charge in [0.2, 0.25) is 0 Å². The summed E-state index contributed by atoms with van der Waals surface area (Å²) in [6.07, 6.45) is 3.43. The number of hydrogen-bond donors (Lipinski definition) is 2. The maximum atomic E-state index is 11.5. The predicted octanol–water partition coefficient (Wildman–Crippen LogP) is 1.75. The molecule has 2 rings (SSSR count). The standard InChI is InChI=1S/C13H19N3O/c1-2-10-4-3-7-16(10)12-6-5-9(14)8-11(12)13(15)17/h5-6,8,10H,2-4,7,14H2,1H3,(H2,15,17). The van der Waals surface area contributed by atoms with Gasteiger partial charge in [-0.2, -0.15) is 0 Å². The number of nitrogens with two attached hydrogens (primary N) is 2. The van der Waals surface area contributed by atoms with Crippen molar-refractivity contribution < 1.29 is 4.79 Å². The van der Waals surface area contributed by atoms with Gasteiger partial charge in [0.05, 0.1) is 5.56 Å². The number of rotatable bonds is 3. The molecule has 1 amide bonds. The van der Waals surface area contributed by atoms with E-state index in [4.69, 9.17) is 11.5 Å². The van der Waals surface area contributed by atoms with Crippen molar-refractivity contribution in [3.05, 3.63) is 23.8 Å². The Morgan fingerprint density at radius 1 is 1.53 bits per heavy atom. The smallest absolute Gasteiger partial charge is 0.250 e. The maximum absolute atomic E-state index is 11.5. The third-order valence-electron chi connectivity index (χ3n) is 3.44. The summed E-state index contributed by atoms with van der Waals surface area (Å²) in [4.78, 5) is 13.7. The second-order valence-electron chi connectivity index (χ2n) is 4.54. The van der Waals surface area contributed by atoms with E-state index in [1.54, 1.807) is 6.07 Å². The molecule has 1 fully saturated rings. The van der Waals surface area contributed by atoms with Gasteiger partial charge in [-0.25, -0.2) is 0 Å². The lowest BCUT2D eigenvalue weighted by Gasteiger charge is -2.27. The van der Waals surface area contributed by atoms with E-state index in [1.807, 2.05) is 12.1 Å². The average Bonchev–Trinajstić information content (AvgIpc) is 2.76. The number of carbonyl (C=O) groups is 1. The number of benzene rings is 1. The van der Waals surface area contributed by atoms with Crippen LogP contribution in [0.2, 0.25) is 0 Å². The second kappa shape index (κ2) is 4.65. The van der Waals surface area contributed by atoms with E-state index >= 15 is 0 Å². The van der Waals surface area contributed by atoms with Crippen molar-refractivity contribution in [1.82, 2.24) is 0 Å². The van der Waals surface area contributed by atoms with Crippen LogP contribution in [0.5, 0.6) is 0 Å². The van der Waals surface area contributed by atoms with Crippen LogP contribution >= 0.6 is 0 Å². The van der Waals surface area contributed by atoms with Gasteiger partial charge in [-0.05, 0) is 37.5 Å². The number of carbonyl (C=O) groups excluding carboxylic acids is 1. The first-order valence-electron chi connectivity index (χ1n) is 6.09. The summed E-state index contributed by atoms with van der Waals surface area (Å²) in [5.41, 5.74) is 13.2. The lowest BCUT2D eigenvalue weighted by Crippen LogP contribution is -2.30. The molecule has 1 saturated heterocycles. The van der Waals surface area contributed by atoms with E-state index in [9.17, 15) is 4.79 Å². The monoisotopic (exact) mass is 233 g/mol. The molecule has 0 aliphatic carbocycles. The summed E-state index contributed by atoms with van der Waals surface area (Å²) < 4.78 is 0. The Kier molecular flexibility index (Phi) is 3.22. The van der Waals surface area contributed by atoms with Crippen molar-refractivity contribution in [2.24, 2.45) is 5.73 Å². The quantitative estimate of drug-likeness (QED) is 0.781. The minimum atomic E-state index is -0.408. The Morgan fingerprint density at radius 2 is 2.29 bits per heavy atom. The summed E-state index contributed by atoms with van der Waals surface area (Å²) in [7, 11) is 0. The molecule has 0 aromatic heterocycles. The largest absolute Gasteiger partial charge is 0.399 e. The zero-order chi connectivity index (χ0) is 12.4. The van der Waals surface area contributed by atoms with Crippen molar-refractivity contribution >= 4 is 17.3 Å². The molecule has 0 saturated carbocycles. The van der Waals surface area contributed by atoms with Gasteiger partial charge in [0.15, 0.2) is 0 Å². The van der Waals surface area contributed by atoms with Crippen molar-refractivity contribution in [2.75, 3.05) is 17.2 Å².